The largest absolute Gasteiger partial charge is 0.321 e. The molecular formula is C30H22N2O2. The number of fused-ring (bicyclic) bond motifs is 1. The van der Waals surface area contributed by atoms with E-state index >= 15 is 0 Å². The van der Waals surface area contributed by atoms with E-state index in [2.05, 4.69) is 5.32 Å². The van der Waals surface area contributed by atoms with E-state index in [0.29, 0.717) is 16.8 Å². The van der Waals surface area contributed by atoms with Gasteiger partial charge in [0.25, 0.3) is 11.8 Å². The highest BCUT2D eigenvalue weighted by Crippen LogP contribution is 2.29. The van der Waals surface area contributed by atoms with Crippen LogP contribution in [-0.2, 0) is 0 Å². The van der Waals surface area contributed by atoms with E-state index in [1.807, 2.05) is 103 Å². The van der Waals surface area contributed by atoms with Crippen molar-refractivity contribution in [3.05, 3.63) is 139 Å². The van der Waals surface area contributed by atoms with Crippen LogP contribution in [0.1, 0.15) is 20.7 Å². The molecule has 0 radical (unpaired) electrons. The van der Waals surface area contributed by atoms with Crippen molar-refractivity contribution >= 4 is 39.6 Å². The van der Waals surface area contributed by atoms with E-state index < -0.39 is 0 Å². The number of carbonyl (C=O) groups is 2. The lowest BCUT2D eigenvalue weighted by Crippen LogP contribution is -2.28. The number of benzene rings is 5. The molecule has 5 aromatic carbocycles. The van der Waals surface area contributed by atoms with Crippen LogP contribution in [0, 0.1) is 0 Å². The molecule has 5 rings (SSSR count). The first-order chi connectivity index (χ1) is 16.7. The molecule has 0 fully saturated rings. The maximum absolute atomic E-state index is 13.9. The van der Waals surface area contributed by atoms with Crippen LogP contribution >= 0.6 is 0 Å². The quantitative estimate of drug-likeness (QED) is 0.316. The van der Waals surface area contributed by atoms with E-state index in [1.54, 1.807) is 29.2 Å². The van der Waals surface area contributed by atoms with Crippen LogP contribution in [0.25, 0.3) is 10.8 Å². The Bertz CT molecular complexity index is 1420. The summed E-state index contributed by atoms with van der Waals surface area (Å²) in [6.07, 6.45) is 0. The van der Waals surface area contributed by atoms with Crippen LogP contribution in [0.3, 0.4) is 0 Å². The second-order valence-corrected chi connectivity index (χ2v) is 7.84. The number of hydrogen-bond donors (Lipinski definition) is 1. The number of hydrogen-bond acceptors (Lipinski definition) is 2. The molecule has 0 heterocycles. The maximum atomic E-state index is 13.9. The van der Waals surface area contributed by atoms with Crippen LogP contribution in [0.15, 0.2) is 127 Å². The SMILES string of the molecule is O=C(Nc1cccc2ccccc12)c1ccccc1C(=O)N(c1ccccc1)c1ccccc1. The van der Waals surface area contributed by atoms with Crippen molar-refractivity contribution in [3.8, 4) is 0 Å². The highest BCUT2D eigenvalue weighted by Gasteiger charge is 2.24. The second-order valence-electron chi connectivity index (χ2n) is 7.84. The molecular weight excluding hydrogens is 420 g/mol. The maximum Gasteiger partial charge on any atom is 0.263 e. The van der Waals surface area contributed by atoms with E-state index in [1.165, 1.54) is 0 Å². The molecule has 0 saturated carbocycles. The summed E-state index contributed by atoms with van der Waals surface area (Å²) in [4.78, 5) is 28.9. The lowest BCUT2D eigenvalue weighted by Gasteiger charge is -2.24. The van der Waals surface area contributed by atoms with Gasteiger partial charge in [0.15, 0.2) is 0 Å². The molecule has 0 aliphatic carbocycles. The molecule has 4 nitrogen and oxygen atoms in total. The monoisotopic (exact) mass is 442 g/mol. The topological polar surface area (TPSA) is 49.4 Å². The predicted octanol–water partition coefficient (Wildman–Crippen LogP) is 7.07. The van der Waals surface area contributed by atoms with Crippen LogP contribution in [0.2, 0.25) is 0 Å². The Morgan fingerprint density at radius 2 is 1.06 bits per heavy atom. The zero-order valence-electron chi connectivity index (χ0n) is 18.4. The molecule has 0 aliphatic rings. The minimum Gasteiger partial charge on any atom is -0.321 e. The molecule has 0 aromatic heterocycles. The Hall–Kier alpha value is -4.70. The number of nitrogens with one attached hydrogen (secondary N) is 1. The lowest BCUT2D eigenvalue weighted by atomic mass is 10.0. The Balaban J connectivity index is 1.54. The summed E-state index contributed by atoms with van der Waals surface area (Å²) in [6.45, 7) is 0. The van der Waals surface area contributed by atoms with Crippen molar-refractivity contribution in [2.45, 2.75) is 0 Å². The molecule has 0 spiro atoms. The molecule has 2 amide bonds. The number of rotatable bonds is 5. The molecule has 34 heavy (non-hydrogen) atoms. The molecule has 1 N–H and O–H groups in total. The second kappa shape index (κ2) is 9.43. The molecule has 5 aromatic rings. The Labute approximate surface area is 198 Å². The summed E-state index contributed by atoms with van der Waals surface area (Å²) < 4.78 is 0. The van der Waals surface area contributed by atoms with Gasteiger partial charge in [-0.15, -0.1) is 0 Å². The molecule has 0 saturated heterocycles. The zero-order chi connectivity index (χ0) is 23.3. The van der Waals surface area contributed by atoms with Crippen LogP contribution in [-0.4, -0.2) is 11.8 Å². The van der Waals surface area contributed by atoms with Crippen molar-refractivity contribution in [1.29, 1.82) is 0 Å². The van der Waals surface area contributed by atoms with Gasteiger partial charge in [-0.1, -0.05) is 84.9 Å². The van der Waals surface area contributed by atoms with Crippen LogP contribution < -0.4 is 10.2 Å². The fraction of sp³-hybridized carbons (Fsp3) is 0. The summed E-state index contributed by atoms with van der Waals surface area (Å²) in [5, 5.41) is 4.98. The Kier molecular flexibility index (Phi) is 5.87. The van der Waals surface area contributed by atoms with E-state index in [-0.39, 0.29) is 11.8 Å². The molecule has 0 bridgehead atoms. The standard InChI is InChI=1S/C30H22N2O2/c33-29(31-28-21-11-13-22-12-7-8-18-25(22)28)26-19-9-10-20-27(26)30(34)32(23-14-3-1-4-15-23)24-16-5-2-6-17-24/h1-21H,(H,31,33). The highest BCUT2D eigenvalue weighted by molar-refractivity contribution is 6.19. The van der Waals surface area contributed by atoms with Crippen molar-refractivity contribution in [1.82, 2.24) is 0 Å². The van der Waals surface area contributed by atoms with E-state index in [0.717, 1.165) is 22.1 Å². The van der Waals surface area contributed by atoms with Gasteiger partial charge in [0.2, 0.25) is 0 Å². The minimum absolute atomic E-state index is 0.277. The first-order valence-corrected chi connectivity index (χ1v) is 11.0. The first kappa shape index (κ1) is 21.2. The summed E-state index contributed by atoms with van der Waals surface area (Å²) in [5.41, 5.74) is 2.80. The fourth-order valence-corrected chi connectivity index (χ4v) is 4.05. The molecule has 4 heteroatoms. The number of anilines is 3. The minimum atomic E-state index is -0.332. The molecule has 0 aliphatic heterocycles. The third-order valence-electron chi connectivity index (χ3n) is 5.67. The summed E-state index contributed by atoms with van der Waals surface area (Å²) in [7, 11) is 0. The molecule has 0 unspecified atom stereocenters. The van der Waals surface area contributed by atoms with Crippen LogP contribution in [0.5, 0.6) is 0 Å². The predicted molar refractivity (Wildman–Crippen MR) is 138 cm³/mol. The van der Waals surface area contributed by atoms with Crippen molar-refractivity contribution in [2.24, 2.45) is 0 Å². The van der Waals surface area contributed by atoms with Crippen molar-refractivity contribution < 1.29 is 9.59 Å². The normalized spacial score (nSPS) is 10.6. The summed E-state index contributed by atoms with van der Waals surface area (Å²) in [5.74, 6) is -0.609. The zero-order valence-corrected chi connectivity index (χ0v) is 18.4. The smallest absolute Gasteiger partial charge is 0.263 e. The van der Waals surface area contributed by atoms with Crippen molar-refractivity contribution in [2.75, 3.05) is 10.2 Å². The van der Waals surface area contributed by atoms with Gasteiger partial charge in [0.1, 0.15) is 0 Å². The third-order valence-corrected chi connectivity index (χ3v) is 5.67. The average molecular weight is 443 g/mol. The summed E-state index contributed by atoms with van der Waals surface area (Å²) in [6, 6.07) is 39.4. The van der Waals surface area contributed by atoms with Gasteiger partial charge in [0.05, 0.1) is 11.1 Å². The van der Waals surface area contributed by atoms with Gasteiger partial charge in [-0.2, -0.15) is 0 Å². The third kappa shape index (κ3) is 4.17. The van der Waals surface area contributed by atoms with Gasteiger partial charge >= 0.3 is 0 Å². The fourth-order valence-electron chi connectivity index (χ4n) is 4.05. The number of para-hydroxylation sites is 2. The highest BCUT2D eigenvalue weighted by atomic mass is 16.2. The first-order valence-electron chi connectivity index (χ1n) is 11.0. The Morgan fingerprint density at radius 3 is 1.74 bits per heavy atom. The molecule has 164 valence electrons. The van der Waals surface area contributed by atoms with Gasteiger partial charge in [-0.25, -0.2) is 0 Å². The van der Waals surface area contributed by atoms with Gasteiger partial charge in [-0.05, 0) is 47.9 Å². The number of nitrogens with zero attached hydrogens (tertiary/aromatic N) is 1. The number of carbonyl (C=O) groups excluding carboxylic acids is 2. The van der Waals surface area contributed by atoms with Gasteiger partial charge in [0, 0.05) is 22.4 Å². The van der Waals surface area contributed by atoms with Crippen LogP contribution in [0.4, 0.5) is 17.1 Å². The van der Waals surface area contributed by atoms with Crippen molar-refractivity contribution in [3.63, 3.8) is 0 Å². The lowest BCUT2D eigenvalue weighted by molar-refractivity contribution is 0.0976. The van der Waals surface area contributed by atoms with E-state index in [4.69, 9.17) is 0 Å². The van der Waals surface area contributed by atoms with Gasteiger partial charge in [-0.3, -0.25) is 14.5 Å². The summed E-state index contributed by atoms with van der Waals surface area (Å²) >= 11 is 0. The van der Waals surface area contributed by atoms with Gasteiger partial charge < -0.3 is 5.32 Å². The van der Waals surface area contributed by atoms with E-state index in [9.17, 15) is 9.59 Å². The average Bonchev–Trinajstić information content (AvgIpc) is 2.90. The Morgan fingerprint density at radius 1 is 0.529 bits per heavy atom. The molecule has 0 atom stereocenters. The number of amides is 2.